The van der Waals surface area contributed by atoms with Gasteiger partial charge in [-0.15, -0.1) is 0 Å². The minimum Gasteiger partial charge on any atom is -0.356 e. The van der Waals surface area contributed by atoms with Crippen molar-refractivity contribution in [3.63, 3.8) is 0 Å². The monoisotopic (exact) mass is 297 g/mol. The molecule has 0 unspecified atom stereocenters. The van der Waals surface area contributed by atoms with Crippen LogP contribution >= 0.6 is 0 Å². The van der Waals surface area contributed by atoms with E-state index in [2.05, 4.69) is 61.7 Å². The minimum atomic E-state index is 0.712. The largest absolute Gasteiger partial charge is 0.356 e. The summed E-state index contributed by atoms with van der Waals surface area (Å²) < 4.78 is 2.22. The fraction of sp³-hybridized carbons (Fsp3) is 0.412. The highest BCUT2D eigenvalue weighted by molar-refractivity contribution is 5.80. The Kier molecular flexibility index (Phi) is 5.08. The summed E-state index contributed by atoms with van der Waals surface area (Å²) in [5.74, 6) is 1.95. The summed E-state index contributed by atoms with van der Waals surface area (Å²) in [4.78, 5) is 8.86. The Labute approximate surface area is 131 Å². The third-order valence-electron chi connectivity index (χ3n) is 3.82. The molecule has 5 nitrogen and oxygen atoms in total. The highest BCUT2D eigenvalue weighted by Gasteiger charge is 2.06. The van der Waals surface area contributed by atoms with Gasteiger partial charge in [0.15, 0.2) is 5.96 Å². The van der Waals surface area contributed by atoms with Crippen LogP contribution in [-0.2, 0) is 19.5 Å². The first-order valence-electron chi connectivity index (χ1n) is 7.98. The highest BCUT2D eigenvalue weighted by atomic mass is 15.2. The summed E-state index contributed by atoms with van der Waals surface area (Å²) in [6.07, 6.45) is 7.25. The van der Waals surface area contributed by atoms with Crippen molar-refractivity contribution in [2.24, 2.45) is 4.99 Å². The molecule has 3 rings (SSSR count). The van der Waals surface area contributed by atoms with Crippen molar-refractivity contribution < 1.29 is 0 Å². The van der Waals surface area contributed by atoms with E-state index in [0.29, 0.717) is 6.54 Å². The normalized spacial score (nSPS) is 14.3. The van der Waals surface area contributed by atoms with Gasteiger partial charge >= 0.3 is 0 Å². The highest BCUT2D eigenvalue weighted by Crippen LogP contribution is 2.06. The molecule has 1 aliphatic heterocycles. The SMILES string of the molecule is c1ccc(CCCn2ccnc2CNC2=NCCCN2)cc1. The third-order valence-corrected chi connectivity index (χ3v) is 3.82. The summed E-state index contributed by atoms with van der Waals surface area (Å²) >= 11 is 0. The maximum Gasteiger partial charge on any atom is 0.191 e. The second-order valence-electron chi connectivity index (χ2n) is 5.49. The maximum absolute atomic E-state index is 4.44. The number of aryl methyl sites for hydroxylation is 2. The number of benzene rings is 1. The van der Waals surface area contributed by atoms with E-state index in [1.54, 1.807) is 0 Å². The van der Waals surface area contributed by atoms with Crippen LogP contribution < -0.4 is 10.6 Å². The molecule has 2 N–H and O–H groups in total. The minimum absolute atomic E-state index is 0.712. The van der Waals surface area contributed by atoms with Gasteiger partial charge in [-0.3, -0.25) is 4.99 Å². The molecular weight excluding hydrogens is 274 g/mol. The van der Waals surface area contributed by atoms with Gasteiger partial charge in [0.25, 0.3) is 0 Å². The zero-order chi connectivity index (χ0) is 15.0. The first-order valence-corrected chi connectivity index (χ1v) is 7.98. The van der Waals surface area contributed by atoms with Crippen molar-refractivity contribution in [2.75, 3.05) is 13.1 Å². The Morgan fingerprint density at radius 3 is 2.95 bits per heavy atom. The number of nitrogens with one attached hydrogen (secondary N) is 2. The molecule has 0 fully saturated rings. The predicted octanol–water partition coefficient (Wildman–Crippen LogP) is 1.95. The van der Waals surface area contributed by atoms with E-state index in [1.165, 1.54) is 5.56 Å². The Morgan fingerprint density at radius 1 is 1.23 bits per heavy atom. The van der Waals surface area contributed by atoms with E-state index in [4.69, 9.17) is 0 Å². The Bertz CT molecular complexity index is 603. The Balaban J connectivity index is 1.48. The van der Waals surface area contributed by atoms with Crippen LogP contribution in [0, 0.1) is 0 Å². The second kappa shape index (κ2) is 7.64. The van der Waals surface area contributed by atoms with Crippen molar-refractivity contribution in [1.29, 1.82) is 0 Å². The molecule has 0 spiro atoms. The van der Waals surface area contributed by atoms with Crippen LogP contribution in [-0.4, -0.2) is 28.6 Å². The molecule has 0 atom stereocenters. The number of imidazole rings is 1. The molecule has 1 aliphatic rings. The van der Waals surface area contributed by atoms with Crippen molar-refractivity contribution in [1.82, 2.24) is 20.2 Å². The summed E-state index contributed by atoms with van der Waals surface area (Å²) in [7, 11) is 0. The van der Waals surface area contributed by atoms with Crippen LogP contribution in [0.1, 0.15) is 24.2 Å². The second-order valence-corrected chi connectivity index (χ2v) is 5.49. The smallest absolute Gasteiger partial charge is 0.191 e. The number of nitrogens with zero attached hydrogens (tertiary/aromatic N) is 3. The molecule has 0 saturated carbocycles. The van der Waals surface area contributed by atoms with E-state index in [1.807, 2.05) is 6.20 Å². The number of rotatable bonds is 6. The van der Waals surface area contributed by atoms with Crippen molar-refractivity contribution >= 4 is 5.96 Å². The third kappa shape index (κ3) is 4.10. The Morgan fingerprint density at radius 2 is 2.14 bits per heavy atom. The van der Waals surface area contributed by atoms with Gasteiger partial charge in [-0.1, -0.05) is 30.3 Å². The molecule has 2 heterocycles. The summed E-state index contributed by atoms with van der Waals surface area (Å²) in [6.45, 7) is 3.61. The van der Waals surface area contributed by atoms with Gasteiger partial charge in [0.2, 0.25) is 0 Å². The lowest BCUT2D eigenvalue weighted by atomic mass is 10.1. The zero-order valence-corrected chi connectivity index (χ0v) is 12.8. The molecular formula is C17H23N5. The van der Waals surface area contributed by atoms with Crippen LogP contribution in [0.25, 0.3) is 0 Å². The molecule has 0 amide bonds. The lowest BCUT2D eigenvalue weighted by Crippen LogP contribution is -2.40. The van der Waals surface area contributed by atoms with Crippen molar-refractivity contribution in [2.45, 2.75) is 32.4 Å². The van der Waals surface area contributed by atoms with Gasteiger partial charge in [-0.2, -0.15) is 0 Å². The molecule has 2 aromatic rings. The van der Waals surface area contributed by atoms with Crippen LogP contribution in [0.2, 0.25) is 0 Å². The topological polar surface area (TPSA) is 54.2 Å². The van der Waals surface area contributed by atoms with E-state index in [-0.39, 0.29) is 0 Å². The molecule has 0 saturated heterocycles. The summed E-state index contributed by atoms with van der Waals surface area (Å²) in [5.41, 5.74) is 1.39. The van der Waals surface area contributed by atoms with Crippen LogP contribution in [0.3, 0.4) is 0 Å². The zero-order valence-electron chi connectivity index (χ0n) is 12.8. The fourth-order valence-electron chi connectivity index (χ4n) is 2.62. The maximum atomic E-state index is 4.44. The number of hydrogen-bond acceptors (Lipinski definition) is 4. The molecule has 0 aliphatic carbocycles. The van der Waals surface area contributed by atoms with E-state index < -0.39 is 0 Å². The molecule has 116 valence electrons. The standard InChI is InChI=1S/C17H23N5/c1-2-6-15(7-3-1)8-4-12-22-13-11-18-16(22)14-21-17-19-9-5-10-20-17/h1-3,6-7,11,13H,4-5,8-10,12,14H2,(H2,19,20,21). The van der Waals surface area contributed by atoms with Crippen LogP contribution in [0.5, 0.6) is 0 Å². The number of aliphatic imine (C=N–C) groups is 1. The van der Waals surface area contributed by atoms with E-state index in [0.717, 1.165) is 50.7 Å². The first kappa shape index (κ1) is 14.6. The van der Waals surface area contributed by atoms with Crippen molar-refractivity contribution in [3.05, 3.63) is 54.1 Å². The van der Waals surface area contributed by atoms with Gasteiger partial charge < -0.3 is 15.2 Å². The van der Waals surface area contributed by atoms with Gasteiger partial charge in [-0.25, -0.2) is 4.98 Å². The number of aromatic nitrogens is 2. The van der Waals surface area contributed by atoms with Gasteiger partial charge in [0, 0.05) is 32.0 Å². The molecule has 1 aromatic carbocycles. The average molecular weight is 297 g/mol. The van der Waals surface area contributed by atoms with Crippen molar-refractivity contribution in [3.8, 4) is 0 Å². The van der Waals surface area contributed by atoms with E-state index >= 15 is 0 Å². The average Bonchev–Trinajstić information content (AvgIpc) is 3.02. The molecule has 1 aromatic heterocycles. The van der Waals surface area contributed by atoms with Gasteiger partial charge in [0.05, 0.1) is 6.54 Å². The summed E-state index contributed by atoms with van der Waals surface area (Å²) in [6, 6.07) is 10.6. The molecule has 0 bridgehead atoms. The Hall–Kier alpha value is -2.30. The van der Waals surface area contributed by atoms with E-state index in [9.17, 15) is 0 Å². The quantitative estimate of drug-likeness (QED) is 0.857. The lowest BCUT2D eigenvalue weighted by Gasteiger charge is -2.16. The van der Waals surface area contributed by atoms with Gasteiger partial charge in [-0.05, 0) is 24.8 Å². The molecule has 0 radical (unpaired) electrons. The lowest BCUT2D eigenvalue weighted by molar-refractivity contribution is 0.597. The predicted molar refractivity (Wildman–Crippen MR) is 88.8 cm³/mol. The van der Waals surface area contributed by atoms with Crippen LogP contribution in [0.4, 0.5) is 0 Å². The van der Waals surface area contributed by atoms with Gasteiger partial charge in [0.1, 0.15) is 5.82 Å². The molecule has 22 heavy (non-hydrogen) atoms. The first-order chi connectivity index (χ1) is 10.9. The summed E-state index contributed by atoms with van der Waals surface area (Å²) in [5, 5.41) is 6.60. The number of hydrogen-bond donors (Lipinski definition) is 2. The fourth-order valence-corrected chi connectivity index (χ4v) is 2.62. The number of guanidine groups is 1. The molecule has 5 heteroatoms. The van der Waals surface area contributed by atoms with Crippen LogP contribution in [0.15, 0.2) is 47.7 Å².